The molecule has 0 aliphatic carbocycles. The summed E-state index contributed by atoms with van der Waals surface area (Å²) < 4.78 is 0. The maximum absolute atomic E-state index is 10.5. The highest BCUT2D eigenvalue weighted by atomic mass is 35.5. The second kappa shape index (κ2) is 3.69. The van der Waals surface area contributed by atoms with Gasteiger partial charge in [0.1, 0.15) is 5.84 Å². The van der Waals surface area contributed by atoms with Crippen LogP contribution in [0.1, 0.15) is 9.75 Å². The van der Waals surface area contributed by atoms with Crippen molar-refractivity contribution in [1.82, 2.24) is 0 Å². The second-order valence-electron chi connectivity index (χ2n) is 2.21. The minimum atomic E-state index is -0.396. The molecule has 0 saturated heterocycles. The summed E-state index contributed by atoms with van der Waals surface area (Å²) in [4.78, 5) is 12.0. The van der Waals surface area contributed by atoms with Crippen molar-refractivity contribution in [3.8, 4) is 0 Å². The minimum absolute atomic E-state index is 0.0215. The quantitative estimate of drug-likeness (QED) is 0.441. The molecule has 1 aromatic rings. The fraction of sp³-hybridized carbons (Fsp3) is 0.143. The summed E-state index contributed by atoms with van der Waals surface area (Å²) >= 11 is 6.50. The summed E-state index contributed by atoms with van der Waals surface area (Å²) in [6.45, 7) is 0. The van der Waals surface area contributed by atoms with Crippen LogP contribution in [0.25, 0.3) is 0 Å². The fourth-order valence-electron chi connectivity index (χ4n) is 0.755. The summed E-state index contributed by atoms with van der Waals surface area (Å²) in [5, 5.41) is 6.71. The number of hydrogen-bond acceptors (Lipinski definition) is 3. The molecular formula is C7H7ClN2OS. The van der Waals surface area contributed by atoms with E-state index in [0.29, 0.717) is 4.88 Å². The monoisotopic (exact) mass is 202 g/mol. The van der Waals surface area contributed by atoms with Gasteiger partial charge in [-0.15, -0.1) is 11.3 Å². The molecule has 0 aliphatic rings. The average molecular weight is 203 g/mol. The van der Waals surface area contributed by atoms with Gasteiger partial charge in [0.25, 0.3) is 0 Å². The molecule has 0 fully saturated rings. The number of hydrogen-bond donors (Lipinski definition) is 2. The van der Waals surface area contributed by atoms with Crippen molar-refractivity contribution >= 4 is 34.0 Å². The molecule has 0 saturated carbocycles. The molecule has 0 aromatic carbocycles. The van der Waals surface area contributed by atoms with E-state index < -0.39 is 5.24 Å². The van der Waals surface area contributed by atoms with Crippen LogP contribution >= 0.6 is 22.9 Å². The summed E-state index contributed by atoms with van der Waals surface area (Å²) in [5.41, 5.74) is 5.23. The molecule has 1 aromatic heterocycles. The van der Waals surface area contributed by atoms with Gasteiger partial charge in [-0.1, -0.05) is 0 Å². The van der Waals surface area contributed by atoms with E-state index in [9.17, 15) is 4.79 Å². The van der Waals surface area contributed by atoms with Crippen LogP contribution in [0.4, 0.5) is 0 Å². The van der Waals surface area contributed by atoms with Crippen LogP contribution < -0.4 is 5.73 Å². The maximum atomic E-state index is 10.5. The fourth-order valence-corrected chi connectivity index (χ4v) is 1.85. The first kappa shape index (κ1) is 9.22. The van der Waals surface area contributed by atoms with Crippen LogP contribution in [-0.4, -0.2) is 11.1 Å². The third-order valence-electron chi connectivity index (χ3n) is 1.24. The molecule has 0 unspecified atom stereocenters. The zero-order valence-corrected chi connectivity index (χ0v) is 7.71. The predicted octanol–water partition coefficient (Wildman–Crippen LogP) is 1.34. The van der Waals surface area contributed by atoms with Crippen LogP contribution in [0, 0.1) is 5.41 Å². The third-order valence-corrected chi connectivity index (χ3v) is 2.49. The van der Waals surface area contributed by atoms with Gasteiger partial charge in [0.15, 0.2) is 0 Å². The number of nitrogen functional groups attached to an aromatic ring is 1. The Balaban J connectivity index is 2.77. The van der Waals surface area contributed by atoms with Gasteiger partial charge < -0.3 is 5.73 Å². The van der Waals surface area contributed by atoms with Crippen molar-refractivity contribution in [2.75, 3.05) is 0 Å². The normalized spacial score (nSPS) is 9.75. The van der Waals surface area contributed by atoms with Gasteiger partial charge in [0.2, 0.25) is 5.24 Å². The summed E-state index contributed by atoms with van der Waals surface area (Å²) in [6.07, 6.45) is 0.208. The summed E-state index contributed by atoms with van der Waals surface area (Å²) in [6, 6.07) is 3.46. The minimum Gasteiger partial charge on any atom is -0.383 e. The Morgan fingerprint density at radius 3 is 2.75 bits per heavy atom. The molecule has 3 N–H and O–H groups in total. The van der Waals surface area contributed by atoms with Crippen molar-refractivity contribution in [2.24, 2.45) is 5.73 Å². The van der Waals surface area contributed by atoms with Crippen molar-refractivity contribution in [3.05, 3.63) is 21.9 Å². The summed E-state index contributed by atoms with van der Waals surface area (Å²) in [5.74, 6) is 0.0215. The van der Waals surface area contributed by atoms with Crippen molar-refractivity contribution in [3.63, 3.8) is 0 Å². The second-order valence-corrected chi connectivity index (χ2v) is 3.80. The van der Waals surface area contributed by atoms with Crippen molar-refractivity contribution < 1.29 is 4.79 Å². The van der Waals surface area contributed by atoms with Crippen LogP contribution in [0.5, 0.6) is 0 Å². The number of nitrogens with one attached hydrogen (secondary N) is 1. The van der Waals surface area contributed by atoms with E-state index in [-0.39, 0.29) is 12.3 Å². The third kappa shape index (κ3) is 2.32. The maximum Gasteiger partial charge on any atom is 0.226 e. The van der Waals surface area contributed by atoms with Gasteiger partial charge in [0.05, 0.1) is 11.3 Å². The number of nitrogens with two attached hydrogens (primary N) is 1. The van der Waals surface area contributed by atoms with Crippen LogP contribution in [0.3, 0.4) is 0 Å². The largest absolute Gasteiger partial charge is 0.383 e. The highest BCUT2D eigenvalue weighted by molar-refractivity contribution is 7.14. The molecule has 0 amide bonds. The molecule has 0 spiro atoms. The first-order valence-corrected chi connectivity index (χ1v) is 4.40. The first-order valence-electron chi connectivity index (χ1n) is 3.21. The lowest BCUT2D eigenvalue weighted by atomic mass is 10.3. The molecule has 1 rings (SSSR count). The average Bonchev–Trinajstić information content (AvgIpc) is 2.34. The first-order chi connectivity index (χ1) is 5.59. The Bertz CT molecular complexity index is 321. The standard InChI is InChI=1S/C7H7ClN2OS/c8-6(11)3-4-1-2-5(12-4)7(9)10/h1-2H,3H2,(H3,9,10). The van der Waals surface area contributed by atoms with E-state index in [1.165, 1.54) is 11.3 Å². The van der Waals surface area contributed by atoms with Crippen LogP contribution in [-0.2, 0) is 11.2 Å². The molecule has 0 aliphatic heterocycles. The van der Waals surface area contributed by atoms with Crippen molar-refractivity contribution in [2.45, 2.75) is 6.42 Å². The number of carbonyl (C=O) groups is 1. The number of rotatable bonds is 3. The smallest absolute Gasteiger partial charge is 0.226 e. The van der Waals surface area contributed by atoms with Gasteiger partial charge in [-0.05, 0) is 23.7 Å². The topological polar surface area (TPSA) is 66.9 Å². The van der Waals surface area contributed by atoms with E-state index >= 15 is 0 Å². The van der Waals surface area contributed by atoms with E-state index in [4.69, 9.17) is 22.7 Å². The Labute approximate surface area is 78.7 Å². The lowest BCUT2D eigenvalue weighted by molar-refractivity contribution is -0.111. The molecule has 0 radical (unpaired) electrons. The van der Waals surface area contributed by atoms with E-state index in [1.54, 1.807) is 12.1 Å². The zero-order valence-electron chi connectivity index (χ0n) is 6.13. The Morgan fingerprint density at radius 1 is 1.67 bits per heavy atom. The van der Waals surface area contributed by atoms with Crippen LogP contribution in [0.15, 0.2) is 12.1 Å². The predicted molar refractivity (Wildman–Crippen MR) is 49.9 cm³/mol. The Kier molecular flexibility index (Phi) is 2.83. The molecule has 5 heteroatoms. The molecule has 0 bridgehead atoms. The molecular weight excluding hydrogens is 196 g/mol. The number of amidine groups is 1. The Morgan fingerprint density at radius 2 is 2.33 bits per heavy atom. The number of carbonyl (C=O) groups excluding carboxylic acids is 1. The zero-order chi connectivity index (χ0) is 9.14. The number of halogens is 1. The highest BCUT2D eigenvalue weighted by Gasteiger charge is 2.04. The Hall–Kier alpha value is -0.870. The van der Waals surface area contributed by atoms with E-state index in [2.05, 4.69) is 0 Å². The lowest BCUT2D eigenvalue weighted by Gasteiger charge is -1.89. The van der Waals surface area contributed by atoms with E-state index in [0.717, 1.165) is 4.88 Å². The van der Waals surface area contributed by atoms with Gasteiger partial charge in [-0.3, -0.25) is 10.2 Å². The van der Waals surface area contributed by atoms with Crippen LogP contribution in [0.2, 0.25) is 0 Å². The van der Waals surface area contributed by atoms with Gasteiger partial charge in [-0.25, -0.2) is 0 Å². The SMILES string of the molecule is N=C(N)c1ccc(CC(=O)Cl)s1. The van der Waals surface area contributed by atoms with Crippen molar-refractivity contribution in [1.29, 1.82) is 5.41 Å². The van der Waals surface area contributed by atoms with E-state index in [1.807, 2.05) is 0 Å². The molecule has 12 heavy (non-hydrogen) atoms. The summed E-state index contributed by atoms with van der Waals surface area (Å²) in [7, 11) is 0. The molecule has 64 valence electrons. The molecule has 1 heterocycles. The highest BCUT2D eigenvalue weighted by Crippen LogP contribution is 2.16. The van der Waals surface area contributed by atoms with Gasteiger partial charge in [0, 0.05) is 4.88 Å². The lowest BCUT2D eigenvalue weighted by Crippen LogP contribution is -2.08. The molecule has 0 atom stereocenters. The van der Waals surface area contributed by atoms with Gasteiger partial charge in [-0.2, -0.15) is 0 Å². The van der Waals surface area contributed by atoms with Gasteiger partial charge >= 0.3 is 0 Å². The molecule has 3 nitrogen and oxygen atoms in total. The number of thiophene rings is 1.